The van der Waals surface area contributed by atoms with Crippen LogP contribution in [-0.4, -0.2) is 11.8 Å². The molecule has 1 rings (SSSR count). The van der Waals surface area contributed by atoms with Crippen molar-refractivity contribution in [2.24, 2.45) is 5.73 Å². The van der Waals surface area contributed by atoms with Crippen molar-refractivity contribution in [3.05, 3.63) is 23.7 Å². The molecule has 0 amide bonds. The molecule has 1 heterocycles. The second-order valence-electron chi connectivity index (χ2n) is 3.45. The molecular weight excluding hydrogens is 194 g/mol. The molecule has 3 heteroatoms. The molecule has 0 aliphatic rings. The van der Waals surface area contributed by atoms with Crippen molar-refractivity contribution in [2.75, 3.05) is 6.54 Å². The Bertz CT molecular complexity index is 260. The van der Waals surface area contributed by atoms with Crippen molar-refractivity contribution >= 4 is 11.8 Å². The Morgan fingerprint density at radius 1 is 1.57 bits per heavy atom. The van der Waals surface area contributed by atoms with E-state index in [9.17, 15) is 0 Å². The van der Waals surface area contributed by atoms with Crippen molar-refractivity contribution in [3.63, 3.8) is 0 Å². The quantitative estimate of drug-likeness (QED) is 0.789. The molecule has 0 bridgehead atoms. The van der Waals surface area contributed by atoms with Crippen molar-refractivity contribution in [1.29, 1.82) is 0 Å². The zero-order chi connectivity index (χ0) is 10.4. The van der Waals surface area contributed by atoms with Gasteiger partial charge in [-0.25, -0.2) is 0 Å². The molecule has 14 heavy (non-hydrogen) atoms. The lowest BCUT2D eigenvalue weighted by Crippen LogP contribution is -2.09. The van der Waals surface area contributed by atoms with Gasteiger partial charge in [-0.3, -0.25) is 0 Å². The summed E-state index contributed by atoms with van der Waals surface area (Å²) >= 11 is 1.94. The van der Waals surface area contributed by atoms with Gasteiger partial charge in [0.25, 0.3) is 0 Å². The Morgan fingerprint density at radius 3 is 2.86 bits per heavy atom. The number of hydrogen-bond donors (Lipinski definition) is 1. The minimum atomic E-state index is 0.671. The molecule has 0 saturated carbocycles. The molecule has 1 aromatic heterocycles. The van der Waals surface area contributed by atoms with Gasteiger partial charge in [-0.1, -0.05) is 6.92 Å². The Morgan fingerprint density at radius 2 is 2.36 bits per heavy atom. The molecule has 1 atom stereocenters. The minimum absolute atomic E-state index is 0.671. The molecule has 80 valence electrons. The Labute approximate surface area is 90.2 Å². The van der Waals surface area contributed by atoms with E-state index in [0.29, 0.717) is 5.25 Å². The lowest BCUT2D eigenvalue weighted by atomic mass is 10.2. The summed E-state index contributed by atoms with van der Waals surface area (Å²) in [5.74, 6) is 2.07. The van der Waals surface area contributed by atoms with Crippen molar-refractivity contribution < 1.29 is 4.42 Å². The number of rotatable bonds is 6. The predicted octanol–water partition coefficient (Wildman–Crippen LogP) is 2.95. The predicted molar refractivity (Wildman–Crippen MR) is 62.5 cm³/mol. The van der Waals surface area contributed by atoms with E-state index in [-0.39, 0.29) is 0 Å². The Hall–Kier alpha value is -0.410. The van der Waals surface area contributed by atoms with Crippen LogP contribution in [0, 0.1) is 6.92 Å². The van der Waals surface area contributed by atoms with E-state index in [1.54, 1.807) is 6.26 Å². The van der Waals surface area contributed by atoms with E-state index in [1.807, 2.05) is 17.8 Å². The molecule has 2 nitrogen and oxygen atoms in total. The lowest BCUT2D eigenvalue weighted by molar-refractivity contribution is 0.527. The summed E-state index contributed by atoms with van der Waals surface area (Å²) < 4.78 is 5.39. The first-order valence-electron chi connectivity index (χ1n) is 5.12. The first-order valence-corrected chi connectivity index (χ1v) is 6.17. The second-order valence-corrected chi connectivity index (χ2v) is 4.73. The largest absolute Gasteiger partial charge is 0.468 e. The molecule has 2 N–H and O–H groups in total. The zero-order valence-corrected chi connectivity index (χ0v) is 9.77. The summed E-state index contributed by atoms with van der Waals surface area (Å²) in [7, 11) is 0. The molecule has 0 aromatic carbocycles. The van der Waals surface area contributed by atoms with Gasteiger partial charge >= 0.3 is 0 Å². The van der Waals surface area contributed by atoms with Gasteiger partial charge in [0.1, 0.15) is 5.76 Å². The average Bonchev–Trinajstić information content (AvgIpc) is 2.59. The highest BCUT2D eigenvalue weighted by Gasteiger charge is 2.08. The summed E-state index contributed by atoms with van der Waals surface area (Å²) in [4.78, 5) is 0. The number of furan rings is 1. The molecule has 1 unspecified atom stereocenters. The van der Waals surface area contributed by atoms with Crippen molar-refractivity contribution in [1.82, 2.24) is 0 Å². The molecule has 0 spiro atoms. The first kappa shape index (κ1) is 11.7. The molecule has 0 aliphatic heterocycles. The molecule has 1 aromatic rings. The third kappa shape index (κ3) is 3.39. The van der Waals surface area contributed by atoms with Gasteiger partial charge in [-0.15, -0.1) is 0 Å². The van der Waals surface area contributed by atoms with Gasteiger partial charge < -0.3 is 10.2 Å². The fourth-order valence-electron chi connectivity index (χ4n) is 1.34. The van der Waals surface area contributed by atoms with Gasteiger partial charge in [-0.2, -0.15) is 11.8 Å². The fourth-order valence-corrected chi connectivity index (χ4v) is 2.56. The van der Waals surface area contributed by atoms with E-state index in [1.165, 1.54) is 12.0 Å². The standard InChI is InChI=1S/C11H19NOS/c1-3-10(4-6-12)14-8-11-9(2)5-7-13-11/h5,7,10H,3-4,6,8,12H2,1-2H3. The Kier molecular flexibility index (Phi) is 5.12. The summed E-state index contributed by atoms with van der Waals surface area (Å²) in [5.41, 5.74) is 6.80. The van der Waals surface area contributed by atoms with Crippen LogP contribution in [0.15, 0.2) is 16.7 Å². The third-order valence-corrected chi connectivity index (χ3v) is 3.83. The number of thioether (sulfide) groups is 1. The van der Waals surface area contributed by atoms with E-state index < -0.39 is 0 Å². The van der Waals surface area contributed by atoms with Crippen LogP contribution in [0.4, 0.5) is 0 Å². The van der Waals surface area contributed by atoms with Crippen LogP contribution in [0.5, 0.6) is 0 Å². The third-order valence-electron chi connectivity index (χ3n) is 2.36. The second kappa shape index (κ2) is 6.14. The topological polar surface area (TPSA) is 39.2 Å². The highest BCUT2D eigenvalue weighted by atomic mass is 32.2. The molecule has 0 aliphatic carbocycles. The normalized spacial score (nSPS) is 13.1. The number of hydrogen-bond acceptors (Lipinski definition) is 3. The van der Waals surface area contributed by atoms with Crippen LogP contribution in [0.1, 0.15) is 31.1 Å². The highest BCUT2D eigenvalue weighted by molar-refractivity contribution is 7.99. The van der Waals surface area contributed by atoms with E-state index in [4.69, 9.17) is 10.2 Å². The Balaban J connectivity index is 2.35. The van der Waals surface area contributed by atoms with Gasteiger partial charge in [0.2, 0.25) is 0 Å². The van der Waals surface area contributed by atoms with E-state index in [2.05, 4.69) is 13.8 Å². The van der Waals surface area contributed by atoms with E-state index in [0.717, 1.165) is 24.5 Å². The average molecular weight is 213 g/mol. The maximum Gasteiger partial charge on any atom is 0.116 e. The smallest absolute Gasteiger partial charge is 0.116 e. The van der Waals surface area contributed by atoms with Crippen LogP contribution in [-0.2, 0) is 5.75 Å². The molecule has 0 radical (unpaired) electrons. The summed E-state index contributed by atoms with van der Waals surface area (Å²) in [6.45, 7) is 5.08. The number of nitrogens with two attached hydrogens (primary N) is 1. The first-order chi connectivity index (χ1) is 6.77. The maximum atomic E-state index is 5.55. The van der Waals surface area contributed by atoms with Gasteiger partial charge in [0, 0.05) is 5.25 Å². The monoisotopic (exact) mass is 213 g/mol. The van der Waals surface area contributed by atoms with Crippen LogP contribution >= 0.6 is 11.8 Å². The fraction of sp³-hybridized carbons (Fsp3) is 0.636. The van der Waals surface area contributed by atoms with Gasteiger partial charge in [0.15, 0.2) is 0 Å². The highest BCUT2D eigenvalue weighted by Crippen LogP contribution is 2.24. The summed E-state index contributed by atoms with van der Waals surface area (Å²) in [5, 5.41) is 0.671. The number of aryl methyl sites for hydroxylation is 1. The SMILES string of the molecule is CCC(CCN)SCc1occc1C. The zero-order valence-electron chi connectivity index (χ0n) is 8.95. The maximum absolute atomic E-state index is 5.55. The van der Waals surface area contributed by atoms with Crippen molar-refractivity contribution in [3.8, 4) is 0 Å². The minimum Gasteiger partial charge on any atom is -0.468 e. The van der Waals surface area contributed by atoms with Crippen LogP contribution in [0.3, 0.4) is 0 Å². The molecular formula is C11H19NOS. The van der Waals surface area contributed by atoms with Gasteiger partial charge in [-0.05, 0) is 37.9 Å². The van der Waals surface area contributed by atoms with E-state index >= 15 is 0 Å². The summed E-state index contributed by atoms with van der Waals surface area (Å²) in [6.07, 6.45) is 4.04. The van der Waals surface area contributed by atoms with Crippen LogP contribution in [0.2, 0.25) is 0 Å². The molecule has 0 saturated heterocycles. The van der Waals surface area contributed by atoms with Crippen LogP contribution < -0.4 is 5.73 Å². The summed E-state index contributed by atoms with van der Waals surface area (Å²) in [6, 6.07) is 2.01. The van der Waals surface area contributed by atoms with Crippen LogP contribution in [0.25, 0.3) is 0 Å². The lowest BCUT2D eigenvalue weighted by Gasteiger charge is -2.12. The molecule has 0 fully saturated rings. The van der Waals surface area contributed by atoms with Gasteiger partial charge in [0.05, 0.1) is 12.0 Å². The van der Waals surface area contributed by atoms with Crippen molar-refractivity contribution in [2.45, 2.75) is 37.7 Å².